The van der Waals surface area contributed by atoms with Gasteiger partial charge in [-0.2, -0.15) is 0 Å². The van der Waals surface area contributed by atoms with E-state index in [1.54, 1.807) is 12.1 Å². The molecule has 0 amide bonds. The Bertz CT molecular complexity index is 718. The van der Waals surface area contributed by atoms with Crippen molar-refractivity contribution >= 4 is 11.0 Å². The summed E-state index contributed by atoms with van der Waals surface area (Å²) in [5.41, 5.74) is 1.87. The fraction of sp³-hybridized carbons (Fsp3) is 0.222. The molecule has 0 bridgehead atoms. The number of aryl methyl sites for hydroxylation is 1. The molecule has 0 saturated carbocycles. The number of aliphatic hydroxyl groups is 1. The highest BCUT2D eigenvalue weighted by Gasteiger charge is 2.13. The predicted octanol–water partition coefficient (Wildman–Crippen LogP) is 4.63. The van der Waals surface area contributed by atoms with E-state index < -0.39 is 6.10 Å². The quantitative estimate of drug-likeness (QED) is 0.741. The van der Waals surface area contributed by atoms with Crippen molar-refractivity contribution in [1.29, 1.82) is 0 Å². The Morgan fingerprint density at radius 3 is 2.67 bits per heavy atom. The molecule has 0 aliphatic rings. The van der Waals surface area contributed by atoms with Gasteiger partial charge in [0.2, 0.25) is 0 Å². The predicted molar refractivity (Wildman–Crippen MR) is 80.5 cm³/mol. The van der Waals surface area contributed by atoms with E-state index >= 15 is 0 Å². The van der Waals surface area contributed by atoms with Gasteiger partial charge in [0.05, 0.1) is 0 Å². The summed E-state index contributed by atoms with van der Waals surface area (Å²) >= 11 is 0. The minimum absolute atomic E-state index is 0.298. The van der Waals surface area contributed by atoms with Crippen molar-refractivity contribution in [2.75, 3.05) is 0 Å². The summed E-state index contributed by atoms with van der Waals surface area (Å²) in [5, 5.41) is 10.9. The highest BCUT2D eigenvalue weighted by atomic mass is 19.1. The van der Waals surface area contributed by atoms with Crippen LogP contribution in [0.5, 0.6) is 0 Å². The van der Waals surface area contributed by atoms with Gasteiger partial charge in [-0.1, -0.05) is 30.3 Å². The third-order valence-corrected chi connectivity index (χ3v) is 3.61. The molecular formula is C18H17FO2. The maximum atomic E-state index is 13.1. The van der Waals surface area contributed by atoms with Crippen molar-refractivity contribution < 1.29 is 13.9 Å². The highest BCUT2D eigenvalue weighted by molar-refractivity contribution is 5.77. The first-order chi connectivity index (χ1) is 10.2. The van der Waals surface area contributed by atoms with E-state index in [2.05, 4.69) is 12.1 Å². The summed E-state index contributed by atoms with van der Waals surface area (Å²) in [5.74, 6) is 0.206. The normalized spacial score (nSPS) is 12.7. The van der Waals surface area contributed by atoms with Crippen LogP contribution < -0.4 is 0 Å². The molecule has 2 nitrogen and oxygen atoms in total. The van der Waals surface area contributed by atoms with Gasteiger partial charge in [0.1, 0.15) is 23.3 Å². The molecular weight excluding hydrogens is 267 g/mol. The number of halogens is 1. The molecule has 0 saturated heterocycles. The summed E-state index contributed by atoms with van der Waals surface area (Å²) in [6, 6.07) is 16.3. The monoisotopic (exact) mass is 284 g/mol. The summed E-state index contributed by atoms with van der Waals surface area (Å²) in [6.07, 6.45) is 1.77. The van der Waals surface area contributed by atoms with Gasteiger partial charge in [-0.05, 0) is 49.1 Å². The molecule has 3 rings (SSSR count). The van der Waals surface area contributed by atoms with Crippen molar-refractivity contribution in [3.05, 3.63) is 71.7 Å². The van der Waals surface area contributed by atoms with Gasteiger partial charge in [-0.15, -0.1) is 0 Å². The van der Waals surface area contributed by atoms with Crippen molar-refractivity contribution in [3.63, 3.8) is 0 Å². The second-order valence-corrected chi connectivity index (χ2v) is 5.22. The Hall–Kier alpha value is -2.13. The Balaban J connectivity index is 1.62. The van der Waals surface area contributed by atoms with Crippen molar-refractivity contribution in [1.82, 2.24) is 0 Å². The third kappa shape index (κ3) is 3.31. The van der Waals surface area contributed by atoms with Crippen LogP contribution in [0.4, 0.5) is 4.39 Å². The van der Waals surface area contributed by atoms with E-state index in [9.17, 15) is 9.50 Å². The smallest absolute Gasteiger partial charge is 0.134 e. The van der Waals surface area contributed by atoms with E-state index in [0.29, 0.717) is 23.2 Å². The number of rotatable bonds is 5. The summed E-state index contributed by atoms with van der Waals surface area (Å²) in [7, 11) is 0. The summed E-state index contributed by atoms with van der Waals surface area (Å²) in [6.45, 7) is 0. The number of hydrogen-bond acceptors (Lipinski definition) is 2. The van der Waals surface area contributed by atoms with Crippen LogP contribution in [0.15, 0.2) is 59.0 Å². The number of furan rings is 1. The van der Waals surface area contributed by atoms with Crippen LogP contribution in [0.1, 0.15) is 30.3 Å². The Kier molecular flexibility index (Phi) is 4.02. The maximum absolute atomic E-state index is 13.1. The van der Waals surface area contributed by atoms with Gasteiger partial charge < -0.3 is 9.52 Å². The minimum atomic E-state index is -0.649. The third-order valence-electron chi connectivity index (χ3n) is 3.61. The van der Waals surface area contributed by atoms with Crippen LogP contribution in [0, 0.1) is 5.82 Å². The minimum Gasteiger partial charge on any atom is -0.458 e. The zero-order valence-electron chi connectivity index (χ0n) is 11.6. The first-order valence-electron chi connectivity index (χ1n) is 7.13. The van der Waals surface area contributed by atoms with Gasteiger partial charge in [-0.3, -0.25) is 0 Å². The maximum Gasteiger partial charge on any atom is 0.134 e. The van der Waals surface area contributed by atoms with E-state index in [4.69, 9.17) is 4.42 Å². The molecule has 0 radical (unpaired) electrons. The molecule has 3 heteroatoms. The van der Waals surface area contributed by atoms with Crippen LogP contribution in [0.25, 0.3) is 11.0 Å². The Labute approximate surface area is 122 Å². The second kappa shape index (κ2) is 6.10. The summed E-state index contributed by atoms with van der Waals surface area (Å²) in [4.78, 5) is 0. The number of aliphatic hydroxyl groups excluding tert-OH is 1. The van der Waals surface area contributed by atoms with Crippen LogP contribution >= 0.6 is 0 Å². The molecule has 1 atom stereocenters. The molecule has 0 aliphatic carbocycles. The fourth-order valence-electron chi connectivity index (χ4n) is 2.49. The van der Waals surface area contributed by atoms with Gasteiger partial charge in [0.25, 0.3) is 0 Å². The molecule has 108 valence electrons. The second-order valence-electron chi connectivity index (χ2n) is 5.22. The lowest BCUT2D eigenvalue weighted by Gasteiger charge is -2.07. The van der Waals surface area contributed by atoms with Gasteiger partial charge in [-0.25, -0.2) is 4.39 Å². The number of benzene rings is 2. The van der Waals surface area contributed by atoms with Crippen LogP contribution in [0.3, 0.4) is 0 Å². The summed E-state index contributed by atoms with van der Waals surface area (Å²) < 4.78 is 18.7. The zero-order valence-corrected chi connectivity index (χ0v) is 11.6. The van der Waals surface area contributed by atoms with E-state index in [-0.39, 0.29) is 5.82 Å². The largest absolute Gasteiger partial charge is 0.458 e. The molecule has 1 unspecified atom stereocenters. The van der Waals surface area contributed by atoms with E-state index in [1.165, 1.54) is 17.7 Å². The van der Waals surface area contributed by atoms with Crippen molar-refractivity contribution in [2.45, 2.75) is 25.4 Å². The Morgan fingerprint density at radius 2 is 1.86 bits per heavy atom. The van der Waals surface area contributed by atoms with Gasteiger partial charge >= 0.3 is 0 Å². The lowest BCUT2D eigenvalue weighted by atomic mass is 10.0. The highest BCUT2D eigenvalue weighted by Crippen LogP contribution is 2.27. The van der Waals surface area contributed by atoms with Crippen LogP contribution in [-0.2, 0) is 6.42 Å². The molecule has 0 fully saturated rings. The average Bonchev–Trinajstić information content (AvgIpc) is 2.91. The molecule has 0 spiro atoms. The first-order valence-corrected chi connectivity index (χ1v) is 7.13. The van der Waals surface area contributed by atoms with Crippen LogP contribution in [0.2, 0.25) is 0 Å². The molecule has 0 aliphatic heterocycles. The number of hydrogen-bond donors (Lipinski definition) is 1. The Morgan fingerprint density at radius 1 is 1.05 bits per heavy atom. The zero-order chi connectivity index (χ0) is 14.7. The lowest BCUT2D eigenvalue weighted by Crippen LogP contribution is -1.96. The molecule has 1 aromatic heterocycles. The van der Waals surface area contributed by atoms with Crippen molar-refractivity contribution in [3.8, 4) is 0 Å². The fourth-order valence-corrected chi connectivity index (χ4v) is 2.49. The number of fused-ring (bicyclic) bond motifs is 1. The van der Waals surface area contributed by atoms with Gasteiger partial charge in [0.15, 0.2) is 0 Å². The van der Waals surface area contributed by atoms with Gasteiger partial charge in [0, 0.05) is 5.39 Å². The van der Waals surface area contributed by atoms with Crippen LogP contribution in [-0.4, -0.2) is 5.11 Å². The first kappa shape index (κ1) is 13.8. The molecule has 2 aromatic carbocycles. The van der Waals surface area contributed by atoms with Crippen molar-refractivity contribution in [2.24, 2.45) is 0 Å². The van der Waals surface area contributed by atoms with E-state index in [1.807, 2.05) is 18.2 Å². The average molecular weight is 284 g/mol. The molecule has 1 N–H and O–H groups in total. The SMILES string of the molecule is OC(CCCc1ccccc1)c1cc2cc(F)ccc2o1. The lowest BCUT2D eigenvalue weighted by molar-refractivity contribution is 0.140. The molecule has 3 aromatic rings. The molecule has 1 heterocycles. The standard InChI is InChI=1S/C18H17FO2/c19-15-9-10-17-14(11-15)12-18(21-17)16(20)8-4-7-13-5-2-1-3-6-13/h1-3,5-6,9-12,16,20H,4,7-8H2. The van der Waals surface area contributed by atoms with E-state index in [0.717, 1.165) is 12.8 Å². The molecule has 21 heavy (non-hydrogen) atoms. The topological polar surface area (TPSA) is 33.4 Å².